The molecule has 80 valence electrons. The van der Waals surface area contributed by atoms with Crippen molar-refractivity contribution in [2.45, 2.75) is 13.8 Å². The molecule has 0 unspecified atom stereocenters. The number of rotatable bonds is 3. The molecule has 0 saturated carbocycles. The Kier molecular flexibility index (Phi) is 4.41. The van der Waals surface area contributed by atoms with Crippen molar-refractivity contribution < 1.29 is 19.4 Å². The Morgan fingerprint density at radius 1 is 1.47 bits per heavy atom. The Morgan fingerprint density at radius 2 is 2.13 bits per heavy atom. The Morgan fingerprint density at radius 3 is 2.60 bits per heavy atom. The van der Waals surface area contributed by atoms with Crippen molar-refractivity contribution in [3.63, 3.8) is 0 Å². The number of hydrogen-bond acceptors (Lipinski definition) is 1. The van der Waals surface area contributed by atoms with Gasteiger partial charge in [-0.2, -0.15) is 0 Å². The fourth-order valence-electron chi connectivity index (χ4n) is 1.23. The molecule has 3 heteroatoms. The van der Waals surface area contributed by atoms with Gasteiger partial charge in [0, 0.05) is 0 Å². The average molecular weight is 373 g/mol. The van der Waals surface area contributed by atoms with Crippen LogP contribution >= 0.6 is 0 Å². The SMILES string of the molecule is CC(C)C([CH]=[W])=Cc1ccc(=O)n(C)c1. The molecule has 0 spiro atoms. The van der Waals surface area contributed by atoms with Crippen LogP contribution in [0.5, 0.6) is 0 Å². The number of aromatic nitrogens is 1. The maximum atomic E-state index is 11.2. The van der Waals surface area contributed by atoms with E-state index in [1.165, 1.54) is 24.9 Å². The van der Waals surface area contributed by atoms with Crippen molar-refractivity contribution in [1.82, 2.24) is 4.57 Å². The van der Waals surface area contributed by atoms with Crippen molar-refractivity contribution in [2.75, 3.05) is 0 Å². The van der Waals surface area contributed by atoms with Gasteiger partial charge < -0.3 is 0 Å². The average Bonchev–Trinajstić information content (AvgIpc) is 2.19. The molecule has 0 aliphatic rings. The minimum absolute atomic E-state index is 0.0318. The van der Waals surface area contributed by atoms with E-state index < -0.39 is 0 Å². The van der Waals surface area contributed by atoms with Crippen LogP contribution in [0.3, 0.4) is 0 Å². The summed E-state index contributed by atoms with van der Waals surface area (Å²) < 4.78 is 3.79. The molecule has 0 aliphatic carbocycles. The van der Waals surface area contributed by atoms with Gasteiger partial charge in [-0.05, 0) is 0 Å². The third kappa shape index (κ3) is 3.39. The zero-order valence-electron chi connectivity index (χ0n) is 9.23. The van der Waals surface area contributed by atoms with Gasteiger partial charge in [-0.25, -0.2) is 0 Å². The Balaban J connectivity index is 3.12. The van der Waals surface area contributed by atoms with Crippen LogP contribution in [-0.4, -0.2) is 8.97 Å². The molecule has 1 rings (SSSR count). The summed E-state index contributed by atoms with van der Waals surface area (Å²) in [5.41, 5.74) is 2.44. The van der Waals surface area contributed by atoms with Gasteiger partial charge >= 0.3 is 101 Å². The predicted molar refractivity (Wildman–Crippen MR) is 60.6 cm³/mol. The third-order valence-electron chi connectivity index (χ3n) is 2.24. The second kappa shape index (κ2) is 5.36. The van der Waals surface area contributed by atoms with Gasteiger partial charge in [0.2, 0.25) is 0 Å². The summed E-state index contributed by atoms with van der Waals surface area (Å²) in [5, 5.41) is 0. The molecule has 1 aromatic heterocycles. The van der Waals surface area contributed by atoms with Crippen molar-refractivity contribution in [1.29, 1.82) is 0 Å². The number of aryl methyl sites for hydroxylation is 1. The van der Waals surface area contributed by atoms with E-state index in [-0.39, 0.29) is 5.56 Å². The molecule has 0 atom stereocenters. The fraction of sp³-hybridized carbons (Fsp3) is 0.333. The van der Waals surface area contributed by atoms with Crippen LogP contribution in [-0.2, 0) is 26.4 Å². The molecule has 0 N–H and O–H groups in total. The summed E-state index contributed by atoms with van der Waals surface area (Å²) in [6, 6.07) is 3.47. The Bertz CT molecular complexity index is 443. The Labute approximate surface area is 101 Å². The van der Waals surface area contributed by atoms with E-state index in [0.29, 0.717) is 5.92 Å². The first-order chi connectivity index (χ1) is 7.04. The van der Waals surface area contributed by atoms with Crippen LogP contribution in [0.25, 0.3) is 6.08 Å². The molecular formula is C12H15NOW. The Hall–Kier alpha value is -0.752. The zero-order valence-corrected chi connectivity index (χ0v) is 12.2. The molecule has 0 radical (unpaired) electrons. The first kappa shape index (κ1) is 12.3. The molecule has 0 amide bonds. The van der Waals surface area contributed by atoms with E-state index in [1.54, 1.807) is 17.7 Å². The zero-order chi connectivity index (χ0) is 11.4. The molecule has 1 aromatic rings. The molecule has 0 fully saturated rings. The van der Waals surface area contributed by atoms with E-state index in [2.05, 4.69) is 24.3 Å². The predicted octanol–water partition coefficient (Wildman–Crippen LogP) is 1.77. The molecule has 0 aliphatic heterocycles. The second-order valence-corrected chi connectivity index (χ2v) is 4.68. The van der Waals surface area contributed by atoms with Crippen molar-refractivity contribution in [3.8, 4) is 0 Å². The molecule has 1 heterocycles. The first-order valence-corrected chi connectivity index (χ1v) is 6.57. The van der Waals surface area contributed by atoms with Crippen LogP contribution in [0.1, 0.15) is 19.4 Å². The maximum absolute atomic E-state index is 11.2. The van der Waals surface area contributed by atoms with Crippen LogP contribution in [0.4, 0.5) is 0 Å². The second-order valence-electron chi connectivity index (χ2n) is 3.83. The van der Waals surface area contributed by atoms with Crippen molar-refractivity contribution in [3.05, 3.63) is 39.8 Å². The third-order valence-corrected chi connectivity index (χ3v) is 3.22. The number of allylic oxidation sites excluding steroid dienone is 1. The first-order valence-electron chi connectivity index (χ1n) is 4.88. The van der Waals surface area contributed by atoms with Gasteiger partial charge in [-0.3, -0.25) is 0 Å². The molecular weight excluding hydrogens is 358 g/mol. The van der Waals surface area contributed by atoms with Gasteiger partial charge in [0.05, 0.1) is 0 Å². The standard InChI is InChI=1S/C12H15NO.W/c1-9(2)10(3)7-11-5-6-12(14)13(4)8-11;/h3,5-9H,1-2,4H3;. The van der Waals surface area contributed by atoms with Crippen molar-refractivity contribution >= 4 is 10.5 Å². The van der Waals surface area contributed by atoms with Gasteiger partial charge in [0.15, 0.2) is 0 Å². The summed E-state index contributed by atoms with van der Waals surface area (Å²) >= 11 is 1.45. The minimum atomic E-state index is 0.0318. The fourth-order valence-corrected chi connectivity index (χ4v) is 2.45. The van der Waals surface area contributed by atoms with Crippen molar-refractivity contribution in [2.24, 2.45) is 13.0 Å². The summed E-state index contributed by atoms with van der Waals surface area (Å²) in [6.45, 7) is 4.35. The van der Waals surface area contributed by atoms with Gasteiger partial charge in [-0.1, -0.05) is 0 Å². The van der Waals surface area contributed by atoms with Crippen LogP contribution in [0.15, 0.2) is 28.7 Å². The van der Waals surface area contributed by atoms with Crippen LogP contribution in [0, 0.1) is 5.92 Å². The number of hydrogen-bond donors (Lipinski definition) is 0. The topological polar surface area (TPSA) is 22.0 Å². The summed E-state index contributed by atoms with van der Waals surface area (Å²) in [5.74, 6) is 0.528. The molecule has 2 nitrogen and oxygen atoms in total. The van der Waals surface area contributed by atoms with E-state index in [9.17, 15) is 4.79 Å². The quantitative estimate of drug-likeness (QED) is 0.792. The van der Waals surface area contributed by atoms with Crippen LogP contribution < -0.4 is 5.56 Å². The van der Waals surface area contributed by atoms with E-state index in [1.807, 2.05) is 12.3 Å². The van der Waals surface area contributed by atoms with E-state index in [4.69, 9.17) is 0 Å². The molecule has 0 saturated heterocycles. The van der Waals surface area contributed by atoms with Gasteiger partial charge in [-0.15, -0.1) is 0 Å². The summed E-state index contributed by atoms with van der Waals surface area (Å²) in [6.07, 6.45) is 4.00. The van der Waals surface area contributed by atoms with Gasteiger partial charge in [0.1, 0.15) is 0 Å². The van der Waals surface area contributed by atoms with Gasteiger partial charge in [0.25, 0.3) is 0 Å². The normalized spacial score (nSPS) is 11.9. The number of nitrogens with zero attached hydrogens (tertiary/aromatic N) is 1. The number of pyridine rings is 1. The summed E-state index contributed by atoms with van der Waals surface area (Å²) in [4.78, 5) is 11.2. The monoisotopic (exact) mass is 373 g/mol. The molecule has 0 bridgehead atoms. The van der Waals surface area contributed by atoms with E-state index in [0.717, 1.165) is 5.56 Å². The van der Waals surface area contributed by atoms with E-state index >= 15 is 0 Å². The molecule has 0 aromatic carbocycles. The summed E-state index contributed by atoms with van der Waals surface area (Å²) in [7, 11) is 1.77. The molecule has 15 heavy (non-hydrogen) atoms. The van der Waals surface area contributed by atoms with Crippen LogP contribution in [0.2, 0.25) is 0 Å².